The standard InChI is InChI=1S/C13H18F2/c1-2-3-9-12(14)13(15)10-11-7-5-4-6-8-11/h4-8,12-13H,2-3,9-10H2,1H3. The number of alkyl halides is 2. The van der Waals surface area contributed by atoms with Crippen LogP contribution in [0.2, 0.25) is 0 Å². The van der Waals surface area contributed by atoms with Crippen LogP contribution in [-0.2, 0) is 6.42 Å². The maximum Gasteiger partial charge on any atom is 0.135 e. The summed E-state index contributed by atoms with van der Waals surface area (Å²) in [5.41, 5.74) is 0.865. The highest BCUT2D eigenvalue weighted by Crippen LogP contribution is 2.16. The predicted molar refractivity (Wildman–Crippen MR) is 59.5 cm³/mol. The van der Waals surface area contributed by atoms with Crippen molar-refractivity contribution >= 4 is 0 Å². The number of hydrogen-bond donors (Lipinski definition) is 0. The van der Waals surface area contributed by atoms with Crippen LogP contribution in [0.3, 0.4) is 0 Å². The Bertz CT molecular complexity index is 258. The van der Waals surface area contributed by atoms with E-state index in [-0.39, 0.29) is 6.42 Å². The Labute approximate surface area is 90.3 Å². The normalized spacial score (nSPS) is 14.9. The Morgan fingerprint density at radius 2 is 1.73 bits per heavy atom. The molecule has 2 heteroatoms. The van der Waals surface area contributed by atoms with Gasteiger partial charge in [-0.15, -0.1) is 0 Å². The molecule has 0 N–H and O–H groups in total. The molecule has 0 aliphatic rings. The first-order valence-corrected chi connectivity index (χ1v) is 5.56. The fourth-order valence-corrected chi connectivity index (χ4v) is 1.55. The first-order chi connectivity index (χ1) is 7.24. The summed E-state index contributed by atoms with van der Waals surface area (Å²) >= 11 is 0. The van der Waals surface area contributed by atoms with Gasteiger partial charge in [0.1, 0.15) is 12.3 Å². The summed E-state index contributed by atoms with van der Waals surface area (Å²) in [6, 6.07) is 9.24. The second kappa shape index (κ2) is 6.54. The molecule has 1 rings (SSSR count). The second-order valence-electron chi connectivity index (χ2n) is 3.86. The second-order valence-corrected chi connectivity index (χ2v) is 3.86. The van der Waals surface area contributed by atoms with E-state index in [9.17, 15) is 8.78 Å². The number of halogens is 2. The zero-order valence-corrected chi connectivity index (χ0v) is 9.13. The van der Waals surface area contributed by atoms with Crippen LogP contribution >= 0.6 is 0 Å². The molecular formula is C13H18F2. The SMILES string of the molecule is CCCCC(F)C(F)Cc1ccccc1. The van der Waals surface area contributed by atoms with E-state index in [1.807, 2.05) is 37.3 Å². The molecule has 0 heterocycles. The number of benzene rings is 1. The van der Waals surface area contributed by atoms with Crippen molar-refractivity contribution in [2.75, 3.05) is 0 Å². The minimum absolute atomic E-state index is 0.186. The molecule has 0 aromatic heterocycles. The van der Waals surface area contributed by atoms with Crippen molar-refractivity contribution in [1.29, 1.82) is 0 Å². The molecule has 2 atom stereocenters. The Morgan fingerprint density at radius 1 is 1.07 bits per heavy atom. The molecule has 0 aliphatic heterocycles. The Kier molecular flexibility index (Phi) is 5.30. The van der Waals surface area contributed by atoms with E-state index in [1.165, 1.54) is 0 Å². The van der Waals surface area contributed by atoms with Crippen molar-refractivity contribution in [2.45, 2.75) is 45.0 Å². The molecule has 0 saturated carbocycles. The van der Waals surface area contributed by atoms with Gasteiger partial charge in [0, 0.05) is 6.42 Å². The van der Waals surface area contributed by atoms with Crippen molar-refractivity contribution in [1.82, 2.24) is 0 Å². The van der Waals surface area contributed by atoms with Gasteiger partial charge in [-0.1, -0.05) is 50.1 Å². The average molecular weight is 212 g/mol. The lowest BCUT2D eigenvalue weighted by Gasteiger charge is -2.13. The van der Waals surface area contributed by atoms with Gasteiger partial charge in [0.2, 0.25) is 0 Å². The van der Waals surface area contributed by atoms with Gasteiger partial charge in [-0.2, -0.15) is 0 Å². The molecule has 0 fully saturated rings. The third-order valence-corrected chi connectivity index (χ3v) is 2.50. The van der Waals surface area contributed by atoms with Gasteiger partial charge in [0.15, 0.2) is 0 Å². The van der Waals surface area contributed by atoms with Crippen molar-refractivity contribution in [3.05, 3.63) is 35.9 Å². The number of hydrogen-bond acceptors (Lipinski definition) is 0. The molecule has 0 spiro atoms. The Balaban J connectivity index is 2.38. The topological polar surface area (TPSA) is 0 Å². The minimum Gasteiger partial charge on any atom is -0.244 e. The van der Waals surface area contributed by atoms with Crippen LogP contribution in [0.5, 0.6) is 0 Å². The van der Waals surface area contributed by atoms with Crippen molar-refractivity contribution in [3.8, 4) is 0 Å². The van der Waals surface area contributed by atoms with Gasteiger partial charge in [-0.05, 0) is 12.0 Å². The van der Waals surface area contributed by atoms with E-state index in [4.69, 9.17) is 0 Å². The van der Waals surface area contributed by atoms with Crippen molar-refractivity contribution < 1.29 is 8.78 Å². The van der Waals surface area contributed by atoms with E-state index < -0.39 is 12.3 Å². The van der Waals surface area contributed by atoms with Crippen LogP contribution in [0, 0.1) is 0 Å². The summed E-state index contributed by atoms with van der Waals surface area (Å²) in [4.78, 5) is 0. The van der Waals surface area contributed by atoms with Crippen LogP contribution in [0.15, 0.2) is 30.3 Å². The van der Waals surface area contributed by atoms with Crippen LogP contribution < -0.4 is 0 Å². The van der Waals surface area contributed by atoms with Gasteiger partial charge in [0.05, 0.1) is 0 Å². The maximum absolute atomic E-state index is 13.4. The van der Waals surface area contributed by atoms with Gasteiger partial charge in [-0.3, -0.25) is 0 Å². The molecule has 2 unspecified atom stereocenters. The van der Waals surface area contributed by atoms with Crippen LogP contribution in [0.1, 0.15) is 31.7 Å². The molecule has 1 aromatic carbocycles. The van der Waals surface area contributed by atoms with Crippen LogP contribution in [-0.4, -0.2) is 12.3 Å². The van der Waals surface area contributed by atoms with E-state index >= 15 is 0 Å². The third kappa shape index (κ3) is 4.41. The molecule has 0 radical (unpaired) electrons. The van der Waals surface area contributed by atoms with E-state index in [2.05, 4.69) is 0 Å². The highest BCUT2D eigenvalue weighted by molar-refractivity contribution is 5.15. The molecule has 0 bridgehead atoms. The third-order valence-electron chi connectivity index (χ3n) is 2.50. The van der Waals surface area contributed by atoms with Gasteiger partial charge in [0.25, 0.3) is 0 Å². The summed E-state index contributed by atoms with van der Waals surface area (Å²) in [5.74, 6) is 0. The summed E-state index contributed by atoms with van der Waals surface area (Å²) in [5, 5.41) is 0. The summed E-state index contributed by atoms with van der Waals surface area (Å²) in [6.07, 6.45) is -0.477. The van der Waals surface area contributed by atoms with E-state index in [0.717, 1.165) is 18.4 Å². The monoisotopic (exact) mass is 212 g/mol. The Hall–Kier alpha value is -0.920. The highest BCUT2D eigenvalue weighted by atomic mass is 19.2. The quantitative estimate of drug-likeness (QED) is 0.666. The molecule has 0 nitrogen and oxygen atoms in total. The largest absolute Gasteiger partial charge is 0.244 e. The van der Waals surface area contributed by atoms with E-state index in [0.29, 0.717) is 6.42 Å². The zero-order valence-electron chi connectivity index (χ0n) is 9.13. The zero-order chi connectivity index (χ0) is 11.1. The Morgan fingerprint density at radius 3 is 2.33 bits per heavy atom. The average Bonchev–Trinajstić information content (AvgIpc) is 2.27. The first-order valence-electron chi connectivity index (χ1n) is 5.56. The molecular weight excluding hydrogens is 194 g/mol. The lowest BCUT2D eigenvalue weighted by Crippen LogP contribution is -2.19. The molecule has 0 saturated heterocycles. The summed E-state index contributed by atoms with van der Waals surface area (Å²) < 4.78 is 26.7. The minimum atomic E-state index is -1.36. The highest BCUT2D eigenvalue weighted by Gasteiger charge is 2.19. The van der Waals surface area contributed by atoms with Crippen molar-refractivity contribution in [2.24, 2.45) is 0 Å². The number of unbranched alkanes of at least 4 members (excludes halogenated alkanes) is 1. The summed E-state index contributed by atoms with van der Waals surface area (Å²) in [7, 11) is 0. The fourth-order valence-electron chi connectivity index (χ4n) is 1.55. The van der Waals surface area contributed by atoms with Crippen LogP contribution in [0.4, 0.5) is 8.78 Å². The molecule has 84 valence electrons. The summed E-state index contributed by atoms with van der Waals surface area (Å²) in [6.45, 7) is 1.98. The lowest BCUT2D eigenvalue weighted by molar-refractivity contribution is 0.155. The molecule has 1 aromatic rings. The lowest BCUT2D eigenvalue weighted by atomic mass is 10.0. The number of rotatable bonds is 6. The van der Waals surface area contributed by atoms with Gasteiger partial charge in [-0.25, -0.2) is 8.78 Å². The van der Waals surface area contributed by atoms with Gasteiger partial charge < -0.3 is 0 Å². The smallest absolute Gasteiger partial charge is 0.135 e. The van der Waals surface area contributed by atoms with Gasteiger partial charge >= 0.3 is 0 Å². The molecule has 0 amide bonds. The molecule has 15 heavy (non-hydrogen) atoms. The van der Waals surface area contributed by atoms with Crippen LogP contribution in [0.25, 0.3) is 0 Å². The van der Waals surface area contributed by atoms with Crippen molar-refractivity contribution in [3.63, 3.8) is 0 Å². The predicted octanol–water partition coefficient (Wildman–Crippen LogP) is 4.10. The first kappa shape index (κ1) is 12.2. The molecule has 0 aliphatic carbocycles. The fraction of sp³-hybridized carbons (Fsp3) is 0.538. The van der Waals surface area contributed by atoms with E-state index in [1.54, 1.807) is 0 Å². The maximum atomic E-state index is 13.4.